The van der Waals surface area contributed by atoms with E-state index in [2.05, 4.69) is 11.1 Å². The second-order valence-corrected chi connectivity index (χ2v) is 7.15. The second kappa shape index (κ2) is 7.43. The Morgan fingerprint density at radius 1 is 1.07 bits per heavy atom. The molecule has 1 aliphatic rings. The highest BCUT2D eigenvalue weighted by atomic mass is 16.5. The third kappa shape index (κ3) is 3.48. The molecule has 142 valence electrons. The van der Waals surface area contributed by atoms with Crippen molar-refractivity contribution < 1.29 is 14.3 Å². The first-order valence-corrected chi connectivity index (χ1v) is 9.46. The molecule has 0 aliphatic carbocycles. The zero-order valence-electron chi connectivity index (χ0n) is 16.0. The standard InChI is InChI=1S/C23H22N2O3/c1-15-13-20(19-9-5-6-10-21(19)24-15)23(27)28-16(2)22(26)25-12-11-17-7-3-4-8-18(17)14-25/h3-10,13,16H,11-12,14H2,1-2H3/t16-/m0/s1. The normalized spacial score (nSPS) is 14.4. The van der Waals surface area contributed by atoms with Crippen molar-refractivity contribution in [1.29, 1.82) is 0 Å². The maximum absolute atomic E-state index is 12.8. The van der Waals surface area contributed by atoms with E-state index in [4.69, 9.17) is 4.74 Å². The Hall–Kier alpha value is -3.21. The molecule has 0 saturated carbocycles. The number of carbonyl (C=O) groups is 2. The van der Waals surface area contributed by atoms with Crippen molar-refractivity contribution in [2.45, 2.75) is 32.9 Å². The van der Waals surface area contributed by atoms with Gasteiger partial charge in [-0.1, -0.05) is 42.5 Å². The predicted octanol–water partition coefficient (Wildman–Crippen LogP) is 3.67. The van der Waals surface area contributed by atoms with Crippen molar-refractivity contribution in [3.05, 3.63) is 77.0 Å². The molecule has 0 N–H and O–H groups in total. The third-order valence-corrected chi connectivity index (χ3v) is 5.14. The van der Waals surface area contributed by atoms with Crippen LogP contribution in [0.3, 0.4) is 0 Å². The van der Waals surface area contributed by atoms with Crippen LogP contribution in [0.2, 0.25) is 0 Å². The van der Waals surface area contributed by atoms with Gasteiger partial charge in [0.25, 0.3) is 5.91 Å². The molecule has 0 unspecified atom stereocenters. The van der Waals surface area contributed by atoms with Gasteiger partial charge >= 0.3 is 5.97 Å². The van der Waals surface area contributed by atoms with E-state index in [-0.39, 0.29) is 5.91 Å². The molecule has 1 amide bonds. The zero-order valence-corrected chi connectivity index (χ0v) is 16.0. The Kier molecular flexibility index (Phi) is 4.82. The fourth-order valence-corrected chi connectivity index (χ4v) is 3.69. The SMILES string of the molecule is Cc1cc(C(=O)O[C@@H](C)C(=O)N2CCc3ccccc3C2)c2ccccc2n1. The van der Waals surface area contributed by atoms with Gasteiger partial charge in [0.15, 0.2) is 6.10 Å². The summed E-state index contributed by atoms with van der Waals surface area (Å²) >= 11 is 0. The fourth-order valence-electron chi connectivity index (χ4n) is 3.69. The number of ether oxygens (including phenoxy) is 1. The predicted molar refractivity (Wildman–Crippen MR) is 107 cm³/mol. The van der Waals surface area contributed by atoms with Crippen LogP contribution < -0.4 is 0 Å². The maximum atomic E-state index is 12.8. The minimum absolute atomic E-state index is 0.169. The van der Waals surface area contributed by atoms with Crippen LogP contribution in [0.15, 0.2) is 54.6 Å². The third-order valence-electron chi connectivity index (χ3n) is 5.14. The van der Waals surface area contributed by atoms with Crippen molar-refractivity contribution in [2.75, 3.05) is 6.54 Å². The summed E-state index contributed by atoms with van der Waals surface area (Å²) in [6, 6.07) is 17.3. The molecule has 4 rings (SSSR count). The molecule has 0 spiro atoms. The molecule has 0 saturated heterocycles. The van der Waals surface area contributed by atoms with E-state index in [1.54, 1.807) is 17.9 Å². The first kappa shape index (κ1) is 18.2. The molecular formula is C23H22N2O3. The van der Waals surface area contributed by atoms with Gasteiger partial charge in [-0.25, -0.2) is 4.79 Å². The first-order chi connectivity index (χ1) is 13.5. The van der Waals surface area contributed by atoms with Crippen molar-refractivity contribution in [1.82, 2.24) is 9.88 Å². The minimum Gasteiger partial charge on any atom is -0.449 e. The molecule has 1 aromatic heterocycles. The van der Waals surface area contributed by atoms with Crippen LogP contribution in [0, 0.1) is 6.92 Å². The van der Waals surface area contributed by atoms with Crippen LogP contribution in [0.4, 0.5) is 0 Å². The van der Waals surface area contributed by atoms with Gasteiger partial charge in [-0.2, -0.15) is 0 Å². The monoisotopic (exact) mass is 374 g/mol. The Morgan fingerprint density at radius 3 is 2.61 bits per heavy atom. The van der Waals surface area contributed by atoms with E-state index in [9.17, 15) is 9.59 Å². The summed E-state index contributed by atoms with van der Waals surface area (Å²) in [5.74, 6) is -0.669. The molecule has 5 nitrogen and oxygen atoms in total. The number of nitrogens with zero attached hydrogens (tertiary/aromatic N) is 2. The molecule has 0 bridgehead atoms. The number of carbonyl (C=O) groups excluding carboxylic acids is 2. The average Bonchev–Trinajstić information content (AvgIpc) is 2.72. The lowest BCUT2D eigenvalue weighted by atomic mass is 9.99. The van der Waals surface area contributed by atoms with Gasteiger partial charge in [-0.15, -0.1) is 0 Å². The number of hydrogen-bond acceptors (Lipinski definition) is 4. The number of hydrogen-bond donors (Lipinski definition) is 0. The number of para-hydroxylation sites is 1. The lowest BCUT2D eigenvalue weighted by Gasteiger charge is -2.30. The van der Waals surface area contributed by atoms with E-state index < -0.39 is 12.1 Å². The van der Waals surface area contributed by atoms with E-state index in [0.29, 0.717) is 18.7 Å². The van der Waals surface area contributed by atoms with Crippen LogP contribution in [0.25, 0.3) is 10.9 Å². The largest absolute Gasteiger partial charge is 0.449 e. The highest BCUT2D eigenvalue weighted by molar-refractivity contribution is 6.04. The molecule has 0 radical (unpaired) electrons. The Bertz CT molecular complexity index is 1060. The quantitative estimate of drug-likeness (QED) is 0.656. The van der Waals surface area contributed by atoms with E-state index in [0.717, 1.165) is 28.6 Å². The molecule has 1 aliphatic heterocycles. The number of aryl methyl sites for hydroxylation is 1. The van der Waals surface area contributed by atoms with Crippen LogP contribution in [0.5, 0.6) is 0 Å². The smallest absolute Gasteiger partial charge is 0.339 e. The first-order valence-electron chi connectivity index (χ1n) is 9.46. The number of fused-ring (bicyclic) bond motifs is 2. The van der Waals surface area contributed by atoms with Gasteiger partial charge < -0.3 is 9.64 Å². The number of pyridine rings is 1. The molecule has 0 fully saturated rings. The zero-order chi connectivity index (χ0) is 19.7. The van der Waals surface area contributed by atoms with Crippen LogP contribution in [0.1, 0.15) is 34.1 Å². The summed E-state index contributed by atoms with van der Waals surface area (Å²) in [4.78, 5) is 31.8. The van der Waals surface area contributed by atoms with Gasteiger partial charge in [0.2, 0.25) is 0 Å². The average molecular weight is 374 g/mol. The molecule has 3 aromatic rings. The van der Waals surface area contributed by atoms with Crippen molar-refractivity contribution in [3.63, 3.8) is 0 Å². The van der Waals surface area contributed by atoms with Crippen molar-refractivity contribution in [2.24, 2.45) is 0 Å². The van der Waals surface area contributed by atoms with E-state index >= 15 is 0 Å². The lowest BCUT2D eigenvalue weighted by molar-refractivity contribution is -0.140. The number of rotatable bonds is 3. The maximum Gasteiger partial charge on any atom is 0.339 e. The van der Waals surface area contributed by atoms with Gasteiger partial charge in [0.05, 0.1) is 11.1 Å². The lowest BCUT2D eigenvalue weighted by Crippen LogP contribution is -2.42. The molecule has 28 heavy (non-hydrogen) atoms. The van der Waals surface area contributed by atoms with Gasteiger partial charge in [0, 0.05) is 24.2 Å². The van der Waals surface area contributed by atoms with Gasteiger partial charge in [-0.05, 0) is 43.5 Å². The Labute approximate surface area is 163 Å². The molecular weight excluding hydrogens is 352 g/mol. The summed E-state index contributed by atoms with van der Waals surface area (Å²) in [6.45, 7) is 4.66. The second-order valence-electron chi connectivity index (χ2n) is 7.15. The van der Waals surface area contributed by atoms with Gasteiger partial charge in [0.1, 0.15) is 0 Å². The summed E-state index contributed by atoms with van der Waals surface area (Å²) in [5, 5.41) is 0.727. The van der Waals surface area contributed by atoms with Crippen LogP contribution in [-0.2, 0) is 22.5 Å². The molecule has 2 heterocycles. The number of aromatic nitrogens is 1. The van der Waals surface area contributed by atoms with Gasteiger partial charge in [-0.3, -0.25) is 9.78 Å². The molecule has 5 heteroatoms. The molecule has 2 aromatic carbocycles. The van der Waals surface area contributed by atoms with E-state index in [1.807, 2.05) is 49.4 Å². The summed E-state index contributed by atoms with van der Waals surface area (Å²) in [6.07, 6.45) is -0.0264. The number of benzene rings is 2. The van der Waals surface area contributed by atoms with Crippen LogP contribution in [-0.4, -0.2) is 34.4 Å². The number of amides is 1. The number of esters is 1. The fraction of sp³-hybridized carbons (Fsp3) is 0.261. The summed E-state index contributed by atoms with van der Waals surface area (Å²) in [7, 11) is 0. The van der Waals surface area contributed by atoms with E-state index in [1.165, 1.54) is 5.56 Å². The van der Waals surface area contributed by atoms with Crippen molar-refractivity contribution >= 4 is 22.8 Å². The van der Waals surface area contributed by atoms with Crippen molar-refractivity contribution in [3.8, 4) is 0 Å². The summed E-state index contributed by atoms with van der Waals surface area (Å²) in [5.41, 5.74) is 4.33. The van der Waals surface area contributed by atoms with Crippen LogP contribution >= 0.6 is 0 Å². The highest BCUT2D eigenvalue weighted by Gasteiger charge is 2.27. The Balaban J connectivity index is 1.50. The summed E-state index contributed by atoms with van der Waals surface area (Å²) < 4.78 is 5.54. The topological polar surface area (TPSA) is 59.5 Å². The highest BCUT2D eigenvalue weighted by Crippen LogP contribution is 2.22. The molecule has 1 atom stereocenters. The Morgan fingerprint density at radius 2 is 1.79 bits per heavy atom. The minimum atomic E-state index is -0.843.